The highest BCUT2D eigenvalue weighted by molar-refractivity contribution is 5.94. The maximum Gasteiger partial charge on any atom is 0.254 e. The van der Waals surface area contributed by atoms with Gasteiger partial charge in [0.1, 0.15) is 0 Å². The van der Waals surface area contributed by atoms with Gasteiger partial charge >= 0.3 is 0 Å². The van der Waals surface area contributed by atoms with Gasteiger partial charge in [-0.05, 0) is 39.8 Å². The molecule has 0 aromatic heterocycles. The molecule has 0 atom stereocenters. The van der Waals surface area contributed by atoms with E-state index in [1.165, 1.54) is 12.1 Å². The second-order valence-electron chi connectivity index (χ2n) is 5.28. The maximum absolute atomic E-state index is 13.4. The largest absolute Gasteiger partial charge is 0.351 e. The van der Waals surface area contributed by atoms with Crippen LogP contribution < -0.4 is 5.32 Å². The number of benzene rings is 1. The Morgan fingerprint density at radius 3 is 2.35 bits per heavy atom. The average Bonchev–Trinajstić information content (AvgIpc) is 2.36. The number of carbonyl (C=O) groups is 1. The molecule has 0 spiro atoms. The first-order valence-corrected chi connectivity index (χ1v) is 6.82. The van der Waals surface area contributed by atoms with Crippen molar-refractivity contribution in [3.63, 3.8) is 0 Å². The Balaban J connectivity index is 2.58. The SMILES string of the molecule is CC(C)N(CCNC(=O)c1cccc(F)c1F)C(C)C. The summed E-state index contributed by atoms with van der Waals surface area (Å²) < 4.78 is 26.5. The molecule has 1 N–H and O–H groups in total. The van der Waals surface area contributed by atoms with Crippen molar-refractivity contribution in [1.29, 1.82) is 0 Å². The quantitative estimate of drug-likeness (QED) is 0.871. The van der Waals surface area contributed by atoms with Crippen molar-refractivity contribution >= 4 is 5.91 Å². The first kappa shape index (κ1) is 16.6. The summed E-state index contributed by atoms with van der Waals surface area (Å²) in [6, 6.07) is 4.31. The van der Waals surface area contributed by atoms with Crippen LogP contribution in [0.5, 0.6) is 0 Å². The fourth-order valence-electron chi connectivity index (χ4n) is 2.19. The molecule has 1 amide bonds. The highest BCUT2D eigenvalue weighted by atomic mass is 19.2. The minimum absolute atomic E-state index is 0.259. The summed E-state index contributed by atoms with van der Waals surface area (Å²) in [5.74, 6) is -2.70. The van der Waals surface area contributed by atoms with Crippen molar-refractivity contribution in [2.24, 2.45) is 0 Å². The molecule has 20 heavy (non-hydrogen) atoms. The smallest absolute Gasteiger partial charge is 0.254 e. The summed E-state index contributed by atoms with van der Waals surface area (Å²) in [5, 5.41) is 2.62. The highest BCUT2D eigenvalue weighted by Crippen LogP contribution is 2.11. The molecule has 1 aromatic carbocycles. The van der Waals surface area contributed by atoms with Crippen LogP contribution in [-0.2, 0) is 0 Å². The number of hydrogen-bond acceptors (Lipinski definition) is 2. The van der Waals surface area contributed by atoms with Crippen molar-refractivity contribution in [1.82, 2.24) is 10.2 Å². The Bertz CT molecular complexity index is 453. The summed E-state index contributed by atoms with van der Waals surface area (Å²) in [5.41, 5.74) is -0.259. The standard InChI is InChI=1S/C15H22F2N2O/c1-10(2)19(11(3)4)9-8-18-15(20)12-6-5-7-13(16)14(12)17/h5-7,10-11H,8-9H2,1-4H3,(H,18,20). The fourth-order valence-corrected chi connectivity index (χ4v) is 2.19. The molecule has 1 aromatic rings. The molecule has 0 aliphatic rings. The van der Waals surface area contributed by atoms with Gasteiger partial charge in [-0.3, -0.25) is 9.69 Å². The molecule has 0 bridgehead atoms. The Labute approximate surface area is 119 Å². The van der Waals surface area contributed by atoms with Crippen LogP contribution in [0.3, 0.4) is 0 Å². The summed E-state index contributed by atoms with van der Waals surface area (Å²) >= 11 is 0. The van der Waals surface area contributed by atoms with Gasteiger partial charge in [-0.25, -0.2) is 8.78 Å². The lowest BCUT2D eigenvalue weighted by Crippen LogP contribution is -2.42. The zero-order valence-corrected chi connectivity index (χ0v) is 12.4. The van der Waals surface area contributed by atoms with E-state index in [9.17, 15) is 13.6 Å². The third-order valence-corrected chi connectivity index (χ3v) is 3.18. The van der Waals surface area contributed by atoms with Gasteiger partial charge < -0.3 is 5.32 Å². The predicted molar refractivity (Wildman–Crippen MR) is 75.7 cm³/mol. The van der Waals surface area contributed by atoms with Crippen molar-refractivity contribution in [2.45, 2.75) is 39.8 Å². The van der Waals surface area contributed by atoms with E-state index in [1.54, 1.807) is 0 Å². The maximum atomic E-state index is 13.4. The van der Waals surface area contributed by atoms with Gasteiger partial charge in [0.2, 0.25) is 0 Å². The van der Waals surface area contributed by atoms with Gasteiger partial charge in [-0.2, -0.15) is 0 Å². The van der Waals surface area contributed by atoms with Crippen LogP contribution in [-0.4, -0.2) is 36.0 Å². The van der Waals surface area contributed by atoms with Crippen LogP contribution in [0.25, 0.3) is 0 Å². The number of amides is 1. The van der Waals surface area contributed by atoms with E-state index < -0.39 is 17.5 Å². The first-order chi connectivity index (χ1) is 9.34. The van der Waals surface area contributed by atoms with Crippen LogP contribution in [0.4, 0.5) is 8.78 Å². The van der Waals surface area contributed by atoms with E-state index in [0.717, 1.165) is 6.07 Å². The van der Waals surface area contributed by atoms with Crippen LogP contribution in [0.1, 0.15) is 38.1 Å². The number of hydrogen-bond donors (Lipinski definition) is 1. The number of nitrogens with zero attached hydrogens (tertiary/aromatic N) is 1. The van der Waals surface area contributed by atoms with E-state index in [4.69, 9.17) is 0 Å². The number of nitrogens with one attached hydrogen (secondary N) is 1. The molecule has 0 aliphatic carbocycles. The molecule has 3 nitrogen and oxygen atoms in total. The van der Waals surface area contributed by atoms with E-state index in [2.05, 4.69) is 37.9 Å². The molecule has 0 fully saturated rings. The molecule has 0 saturated carbocycles. The second kappa shape index (κ2) is 7.33. The third-order valence-electron chi connectivity index (χ3n) is 3.18. The zero-order valence-electron chi connectivity index (χ0n) is 12.4. The van der Waals surface area contributed by atoms with Gasteiger partial charge in [0, 0.05) is 25.2 Å². The third kappa shape index (κ3) is 4.27. The lowest BCUT2D eigenvalue weighted by atomic mass is 10.2. The van der Waals surface area contributed by atoms with Crippen molar-refractivity contribution in [3.05, 3.63) is 35.4 Å². The molecule has 0 aliphatic heterocycles. The van der Waals surface area contributed by atoms with Crippen LogP contribution >= 0.6 is 0 Å². The number of halogens is 2. The van der Waals surface area contributed by atoms with E-state index in [0.29, 0.717) is 25.2 Å². The molecule has 0 saturated heterocycles. The van der Waals surface area contributed by atoms with Crippen LogP contribution in [0.15, 0.2) is 18.2 Å². The van der Waals surface area contributed by atoms with Crippen molar-refractivity contribution in [2.75, 3.05) is 13.1 Å². The Morgan fingerprint density at radius 2 is 1.80 bits per heavy atom. The lowest BCUT2D eigenvalue weighted by molar-refractivity contribution is 0.0934. The number of rotatable bonds is 6. The van der Waals surface area contributed by atoms with Gasteiger partial charge in [0.05, 0.1) is 5.56 Å². The summed E-state index contributed by atoms with van der Waals surface area (Å²) in [4.78, 5) is 14.0. The van der Waals surface area contributed by atoms with Gasteiger partial charge in [0.15, 0.2) is 11.6 Å². The molecule has 0 radical (unpaired) electrons. The topological polar surface area (TPSA) is 32.3 Å². The zero-order chi connectivity index (χ0) is 15.3. The molecule has 1 rings (SSSR count). The minimum Gasteiger partial charge on any atom is -0.351 e. The fraction of sp³-hybridized carbons (Fsp3) is 0.533. The first-order valence-electron chi connectivity index (χ1n) is 6.82. The molecular weight excluding hydrogens is 262 g/mol. The average molecular weight is 284 g/mol. The monoisotopic (exact) mass is 284 g/mol. The van der Waals surface area contributed by atoms with E-state index in [1.807, 2.05) is 0 Å². The molecule has 0 unspecified atom stereocenters. The Hall–Kier alpha value is -1.49. The normalized spacial score (nSPS) is 11.4. The van der Waals surface area contributed by atoms with Crippen LogP contribution in [0.2, 0.25) is 0 Å². The van der Waals surface area contributed by atoms with Gasteiger partial charge in [-0.1, -0.05) is 6.07 Å². The van der Waals surface area contributed by atoms with Crippen LogP contribution in [0, 0.1) is 11.6 Å². The van der Waals surface area contributed by atoms with Crippen molar-refractivity contribution in [3.8, 4) is 0 Å². The van der Waals surface area contributed by atoms with E-state index >= 15 is 0 Å². The predicted octanol–water partition coefficient (Wildman–Crippen LogP) is 2.81. The Morgan fingerprint density at radius 1 is 1.20 bits per heavy atom. The van der Waals surface area contributed by atoms with Gasteiger partial charge in [0.25, 0.3) is 5.91 Å². The Kier molecular flexibility index (Phi) is 6.07. The molecule has 0 heterocycles. The second-order valence-corrected chi connectivity index (χ2v) is 5.28. The molecule has 112 valence electrons. The lowest BCUT2D eigenvalue weighted by Gasteiger charge is -2.30. The minimum atomic E-state index is -1.10. The molecular formula is C15H22F2N2O. The highest BCUT2D eigenvalue weighted by Gasteiger charge is 2.16. The molecule has 5 heteroatoms. The van der Waals surface area contributed by atoms with Gasteiger partial charge in [-0.15, -0.1) is 0 Å². The summed E-state index contributed by atoms with van der Waals surface area (Å²) in [6.45, 7) is 9.37. The van der Waals surface area contributed by atoms with E-state index in [-0.39, 0.29) is 5.56 Å². The summed E-state index contributed by atoms with van der Waals surface area (Å²) in [6.07, 6.45) is 0. The number of carbonyl (C=O) groups excluding carboxylic acids is 1. The van der Waals surface area contributed by atoms with Crippen molar-refractivity contribution < 1.29 is 13.6 Å². The summed E-state index contributed by atoms with van der Waals surface area (Å²) in [7, 11) is 0.